The van der Waals surface area contributed by atoms with Crippen molar-refractivity contribution in [3.8, 4) is 0 Å². The first kappa shape index (κ1) is 12.6. The number of hydrogen-bond donors (Lipinski definition) is 0. The van der Waals surface area contributed by atoms with Crippen LogP contribution in [0.25, 0.3) is 0 Å². The molecule has 1 saturated carbocycles. The quantitative estimate of drug-likeness (QED) is 0.817. The monoisotopic (exact) mass is 299 g/mol. The lowest BCUT2D eigenvalue weighted by molar-refractivity contribution is 0.0730. The lowest BCUT2D eigenvalue weighted by Gasteiger charge is -2.24. The van der Waals surface area contributed by atoms with Gasteiger partial charge in [0, 0.05) is 17.6 Å². The van der Waals surface area contributed by atoms with E-state index >= 15 is 0 Å². The molecule has 1 aromatic rings. The molecular formula is C13H15BrFNO. The maximum absolute atomic E-state index is 13.7. The third-order valence-corrected chi connectivity index (χ3v) is 3.85. The SMILES string of the molecule is CN(C(=O)c1ccc(Br)cc1F)C1CCCC1. The Morgan fingerprint density at radius 2 is 2.06 bits per heavy atom. The predicted octanol–water partition coefficient (Wildman–Crippen LogP) is 3.60. The molecule has 0 saturated heterocycles. The van der Waals surface area contributed by atoms with Crippen LogP contribution < -0.4 is 0 Å². The average molecular weight is 300 g/mol. The number of benzene rings is 1. The van der Waals surface area contributed by atoms with Gasteiger partial charge in [-0.3, -0.25) is 4.79 Å². The first-order valence-corrected chi connectivity index (χ1v) is 6.61. The molecule has 0 atom stereocenters. The first-order valence-electron chi connectivity index (χ1n) is 5.82. The highest BCUT2D eigenvalue weighted by Crippen LogP contribution is 2.24. The normalized spacial score (nSPS) is 16.2. The van der Waals surface area contributed by atoms with E-state index in [1.165, 1.54) is 12.1 Å². The number of halogens is 2. The third-order valence-electron chi connectivity index (χ3n) is 3.35. The Balaban J connectivity index is 2.18. The molecule has 0 radical (unpaired) electrons. The molecule has 1 fully saturated rings. The summed E-state index contributed by atoms with van der Waals surface area (Å²) in [5.41, 5.74) is 0.155. The van der Waals surface area contributed by atoms with Crippen molar-refractivity contribution in [2.24, 2.45) is 0 Å². The Kier molecular flexibility index (Phi) is 3.82. The Morgan fingerprint density at radius 1 is 1.41 bits per heavy atom. The summed E-state index contributed by atoms with van der Waals surface area (Å²) in [6, 6.07) is 4.83. The van der Waals surface area contributed by atoms with Crippen LogP contribution in [0.2, 0.25) is 0 Å². The Bertz CT molecular complexity index is 429. The standard InChI is InChI=1S/C13H15BrFNO/c1-16(10-4-2-3-5-10)13(17)11-7-6-9(14)8-12(11)15/h6-8,10H,2-5H2,1H3. The molecule has 1 aliphatic carbocycles. The van der Waals surface area contributed by atoms with E-state index in [1.54, 1.807) is 18.0 Å². The van der Waals surface area contributed by atoms with Gasteiger partial charge in [-0.15, -0.1) is 0 Å². The third kappa shape index (κ3) is 2.68. The van der Waals surface area contributed by atoms with Crippen LogP contribution in [0.1, 0.15) is 36.0 Å². The van der Waals surface area contributed by atoms with E-state index in [4.69, 9.17) is 0 Å². The van der Waals surface area contributed by atoms with E-state index in [2.05, 4.69) is 15.9 Å². The number of carbonyl (C=O) groups is 1. The predicted molar refractivity (Wildman–Crippen MR) is 68.4 cm³/mol. The fraction of sp³-hybridized carbons (Fsp3) is 0.462. The minimum atomic E-state index is -0.464. The van der Waals surface area contributed by atoms with Gasteiger partial charge in [0.2, 0.25) is 0 Å². The second-order valence-electron chi connectivity index (χ2n) is 4.48. The van der Waals surface area contributed by atoms with Crippen LogP contribution in [0, 0.1) is 5.82 Å². The first-order chi connectivity index (χ1) is 8.09. The van der Waals surface area contributed by atoms with Crippen LogP contribution in [-0.4, -0.2) is 23.9 Å². The van der Waals surface area contributed by atoms with E-state index in [1.807, 2.05) is 0 Å². The van der Waals surface area contributed by atoms with Gasteiger partial charge in [-0.1, -0.05) is 28.8 Å². The summed E-state index contributed by atoms with van der Waals surface area (Å²) in [7, 11) is 1.76. The van der Waals surface area contributed by atoms with Crippen LogP contribution in [0.4, 0.5) is 4.39 Å². The van der Waals surface area contributed by atoms with Crippen molar-refractivity contribution in [2.45, 2.75) is 31.7 Å². The van der Waals surface area contributed by atoms with E-state index in [9.17, 15) is 9.18 Å². The van der Waals surface area contributed by atoms with Crippen LogP contribution >= 0.6 is 15.9 Å². The lowest BCUT2D eigenvalue weighted by Crippen LogP contribution is -2.35. The fourth-order valence-corrected chi connectivity index (χ4v) is 2.64. The van der Waals surface area contributed by atoms with Gasteiger partial charge in [0.1, 0.15) is 5.82 Å². The molecule has 2 nitrogen and oxygen atoms in total. The van der Waals surface area contributed by atoms with Gasteiger partial charge >= 0.3 is 0 Å². The van der Waals surface area contributed by atoms with Gasteiger partial charge in [0.25, 0.3) is 5.91 Å². The maximum Gasteiger partial charge on any atom is 0.256 e. The maximum atomic E-state index is 13.7. The molecule has 1 amide bonds. The second kappa shape index (κ2) is 5.17. The van der Waals surface area contributed by atoms with Gasteiger partial charge in [0.05, 0.1) is 5.56 Å². The van der Waals surface area contributed by atoms with Crippen LogP contribution in [0.5, 0.6) is 0 Å². The molecule has 2 rings (SSSR count). The van der Waals surface area contributed by atoms with E-state index in [-0.39, 0.29) is 17.5 Å². The zero-order valence-corrected chi connectivity index (χ0v) is 11.3. The van der Waals surface area contributed by atoms with Gasteiger partial charge in [-0.2, -0.15) is 0 Å². The van der Waals surface area contributed by atoms with Crippen molar-refractivity contribution in [1.82, 2.24) is 4.90 Å². The molecule has 1 aromatic carbocycles. The summed E-state index contributed by atoms with van der Waals surface area (Å²) in [5.74, 6) is -0.684. The average Bonchev–Trinajstić information content (AvgIpc) is 2.80. The molecule has 92 valence electrons. The number of nitrogens with zero attached hydrogens (tertiary/aromatic N) is 1. The van der Waals surface area contributed by atoms with Crippen molar-refractivity contribution in [2.75, 3.05) is 7.05 Å². The Labute approximate surface area is 109 Å². The second-order valence-corrected chi connectivity index (χ2v) is 5.39. The Morgan fingerprint density at radius 3 is 2.65 bits per heavy atom. The van der Waals surface area contributed by atoms with E-state index in [0.29, 0.717) is 4.47 Å². The zero-order valence-electron chi connectivity index (χ0n) is 9.75. The van der Waals surface area contributed by atoms with Crippen molar-refractivity contribution in [3.63, 3.8) is 0 Å². The number of carbonyl (C=O) groups excluding carboxylic acids is 1. The zero-order chi connectivity index (χ0) is 12.4. The number of hydrogen-bond acceptors (Lipinski definition) is 1. The molecule has 17 heavy (non-hydrogen) atoms. The molecule has 0 unspecified atom stereocenters. The fourth-order valence-electron chi connectivity index (χ4n) is 2.31. The van der Waals surface area contributed by atoms with Crippen molar-refractivity contribution in [3.05, 3.63) is 34.1 Å². The summed E-state index contributed by atoms with van der Waals surface area (Å²) >= 11 is 3.18. The molecule has 1 aliphatic rings. The van der Waals surface area contributed by atoms with Crippen LogP contribution in [-0.2, 0) is 0 Å². The summed E-state index contributed by atoms with van der Waals surface area (Å²) in [6.07, 6.45) is 4.37. The summed E-state index contributed by atoms with van der Waals surface area (Å²) in [6.45, 7) is 0. The van der Waals surface area contributed by atoms with Crippen molar-refractivity contribution < 1.29 is 9.18 Å². The lowest BCUT2D eigenvalue weighted by atomic mass is 10.1. The molecule has 0 aromatic heterocycles. The molecule has 0 heterocycles. The number of amides is 1. The highest BCUT2D eigenvalue weighted by Gasteiger charge is 2.25. The van der Waals surface area contributed by atoms with Crippen LogP contribution in [0.15, 0.2) is 22.7 Å². The summed E-state index contributed by atoms with van der Waals surface area (Å²) in [5, 5.41) is 0. The van der Waals surface area contributed by atoms with Gasteiger partial charge < -0.3 is 4.90 Å². The van der Waals surface area contributed by atoms with E-state index < -0.39 is 5.82 Å². The molecule has 0 spiro atoms. The van der Waals surface area contributed by atoms with Crippen molar-refractivity contribution in [1.29, 1.82) is 0 Å². The highest BCUT2D eigenvalue weighted by molar-refractivity contribution is 9.10. The molecule has 0 bridgehead atoms. The van der Waals surface area contributed by atoms with Gasteiger partial charge in [-0.05, 0) is 31.0 Å². The van der Waals surface area contributed by atoms with Gasteiger partial charge in [0.15, 0.2) is 0 Å². The molecule has 0 N–H and O–H groups in total. The minimum absolute atomic E-state index is 0.155. The Hall–Kier alpha value is -0.900. The van der Waals surface area contributed by atoms with Crippen LogP contribution in [0.3, 0.4) is 0 Å². The summed E-state index contributed by atoms with van der Waals surface area (Å²) in [4.78, 5) is 13.8. The largest absolute Gasteiger partial charge is 0.339 e. The smallest absolute Gasteiger partial charge is 0.256 e. The summed E-state index contributed by atoms with van der Waals surface area (Å²) < 4.78 is 14.3. The van der Waals surface area contributed by atoms with Crippen molar-refractivity contribution >= 4 is 21.8 Å². The van der Waals surface area contributed by atoms with E-state index in [0.717, 1.165) is 25.7 Å². The molecule has 4 heteroatoms. The minimum Gasteiger partial charge on any atom is -0.339 e. The topological polar surface area (TPSA) is 20.3 Å². The molecule has 0 aliphatic heterocycles. The highest BCUT2D eigenvalue weighted by atomic mass is 79.9. The van der Waals surface area contributed by atoms with Gasteiger partial charge in [-0.25, -0.2) is 4.39 Å². The number of rotatable bonds is 2. The molecular weight excluding hydrogens is 285 g/mol.